The highest BCUT2D eigenvalue weighted by Crippen LogP contribution is 2.50. The number of ether oxygens (including phenoxy) is 1. The normalized spacial score (nSPS) is 55.4. The fourth-order valence-corrected chi connectivity index (χ4v) is 3.01. The van der Waals surface area contributed by atoms with Gasteiger partial charge in [0.05, 0.1) is 12.1 Å². The minimum absolute atomic E-state index is 0.270. The van der Waals surface area contributed by atoms with Crippen molar-refractivity contribution in [2.75, 3.05) is 6.61 Å². The molecule has 13 heavy (non-hydrogen) atoms. The maximum absolute atomic E-state index is 6.36. The van der Waals surface area contributed by atoms with Crippen molar-refractivity contribution in [3.05, 3.63) is 0 Å². The highest BCUT2D eigenvalue weighted by atomic mass is 16.5. The Labute approximate surface area is 79.8 Å². The molecule has 2 fully saturated rings. The van der Waals surface area contributed by atoms with Gasteiger partial charge in [-0.3, -0.25) is 0 Å². The van der Waals surface area contributed by atoms with Gasteiger partial charge in [-0.05, 0) is 19.3 Å². The first-order chi connectivity index (χ1) is 6.04. The third kappa shape index (κ3) is 0.953. The lowest BCUT2D eigenvalue weighted by molar-refractivity contribution is -0.0482. The summed E-state index contributed by atoms with van der Waals surface area (Å²) < 4.78 is 5.74. The molecule has 0 aromatic carbocycles. The molecule has 4 atom stereocenters. The molecule has 0 bridgehead atoms. The second-order valence-corrected chi connectivity index (χ2v) is 4.69. The van der Waals surface area contributed by atoms with Crippen molar-refractivity contribution < 1.29 is 4.74 Å². The quantitative estimate of drug-likeness (QED) is 0.634. The van der Waals surface area contributed by atoms with Gasteiger partial charge in [-0.1, -0.05) is 13.8 Å². The Bertz CT molecular complexity index is 221. The average molecular weight is 184 g/mol. The SMILES string of the molecule is CCC1CC[C@]2(N)C(C)CO[C@]12N. The van der Waals surface area contributed by atoms with E-state index in [1.54, 1.807) is 0 Å². The van der Waals surface area contributed by atoms with E-state index in [0.29, 0.717) is 11.8 Å². The van der Waals surface area contributed by atoms with Gasteiger partial charge in [0.25, 0.3) is 0 Å². The number of nitrogens with two attached hydrogens (primary N) is 2. The molecule has 76 valence electrons. The molecular weight excluding hydrogens is 164 g/mol. The molecule has 1 heterocycles. The Hall–Kier alpha value is -0.120. The molecule has 1 aliphatic carbocycles. The van der Waals surface area contributed by atoms with Crippen LogP contribution in [-0.2, 0) is 4.74 Å². The Balaban J connectivity index is 2.32. The molecule has 1 saturated heterocycles. The van der Waals surface area contributed by atoms with Crippen molar-refractivity contribution in [2.24, 2.45) is 23.3 Å². The fraction of sp³-hybridized carbons (Fsp3) is 1.00. The summed E-state index contributed by atoms with van der Waals surface area (Å²) in [6.07, 6.45) is 3.21. The number of rotatable bonds is 1. The van der Waals surface area contributed by atoms with Crippen LogP contribution in [0.2, 0.25) is 0 Å². The molecule has 2 aliphatic rings. The van der Waals surface area contributed by atoms with Crippen molar-refractivity contribution in [3.8, 4) is 0 Å². The highest BCUT2D eigenvalue weighted by molar-refractivity contribution is 5.15. The second kappa shape index (κ2) is 2.69. The molecular formula is C10H20N2O. The second-order valence-electron chi connectivity index (χ2n) is 4.69. The van der Waals surface area contributed by atoms with E-state index in [2.05, 4.69) is 13.8 Å². The number of hydrogen-bond donors (Lipinski definition) is 2. The van der Waals surface area contributed by atoms with Gasteiger partial charge in [-0.2, -0.15) is 0 Å². The first kappa shape index (κ1) is 9.44. The van der Waals surface area contributed by atoms with E-state index in [9.17, 15) is 0 Å². The topological polar surface area (TPSA) is 61.3 Å². The van der Waals surface area contributed by atoms with Crippen molar-refractivity contribution in [1.29, 1.82) is 0 Å². The minimum atomic E-state index is -0.541. The molecule has 3 nitrogen and oxygen atoms in total. The van der Waals surface area contributed by atoms with Crippen molar-refractivity contribution >= 4 is 0 Å². The lowest BCUT2D eigenvalue weighted by Crippen LogP contribution is -2.64. The van der Waals surface area contributed by atoms with E-state index in [0.717, 1.165) is 25.9 Å². The maximum Gasteiger partial charge on any atom is 0.138 e. The molecule has 4 N–H and O–H groups in total. The predicted molar refractivity (Wildman–Crippen MR) is 52.0 cm³/mol. The van der Waals surface area contributed by atoms with Gasteiger partial charge in [-0.15, -0.1) is 0 Å². The van der Waals surface area contributed by atoms with E-state index in [4.69, 9.17) is 16.2 Å². The standard InChI is InChI=1S/C10H20N2O/c1-3-8-4-5-9(11)7(2)6-13-10(8,9)12/h7-8H,3-6,11-12H2,1-2H3/t7?,8?,9-,10+/m0/s1. The van der Waals surface area contributed by atoms with Gasteiger partial charge < -0.3 is 16.2 Å². The lowest BCUT2D eigenvalue weighted by atomic mass is 9.80. The molecule has 2 rings (SSSR count). The van der Waals surface area contributed by atoms with Gasteiger partial charge in [-0.25, -0.2) is 0 Å². The van der Waals surface area contributed by atoms with E-state index >= 15 is 0 Å². The lowest BCUT2D eigenvalue weighted by Gasteiger charge is -2.38. The Morgan fingerprint density at radius 2 is 2.15 bits per heavy atom. The summed E-state index contributed by atoms with van der Waals surface area (Å²) in [6, 6.07) is 0. The Morgan fingerprint density at radius 1 is 1.46 bits per heavy atom. The van der Waals surface area contributed by atoms with Crippen LogP contribution in [0, 0.1) is 11.8 Å². The van der Waals surface area contributed by atoms with Gasteiger partial charge in [0, 0.05) is 11.8 Å². The van der Waals surface area contributed by atoms with Crippen LogP contribution in [0.3, 0.4) is 0 Å². The monoisotopic (exact) mass is 184 g/mol. The van der Waals surface area contributed by atoms with Crippen LogP contribution in [-0.4, -0.2) is 17.9 Å². The average Bonchev–Trinajstić information content (AvgIpc) is 2.48. The summed E-state index contributed by atoms with van der Waals surface area (Å²) in [7, 11) is 0. The van der Waals surface area contributed by atoms with Crippen LogP contribution < -0.4 is 11.5 Å². The minimum Gasteiger partial charge on any atom is -0.358 e. The smallest absolute Gasteiger partial charge is 0.138 e. The molecule has 1 saturated carbocycles. The summed E-state index contributed by atoms with van der Waals surface area (Å²) in [4.78, 5) is 0. The number of hydrogen-bond acceptors (Lipinski definition) is 3. The molecule has 0 amide bonds. The van der Waals surface area contributed by atoms with Crippen LogP contribution in [0.4, 0.5) is 0 Å². The van der Waals surface area contributed by atoms with Crippen LogP contribution in [0.1, 0.15) is 33.1 Å². The summed E-state index contributed by atoms with van der Waals surface area (Å²) >= 11 is 0. The molecule has 1 aliphatic heterocycles. The van der Waals surface area contributed by atoms with Crippen LogP contribution in [0.25, 0.3) is 0 Å². The third-order valence-corrected chi connectivity index (χ3v) is 4.18. The summed E-state index contributed by atoms with van der Waals surface area (Å²) in [5, 5.41) is 0. The van der Waals surface area contributed by atoms with Gasteiger partial charge >= 0.3 is 0 Å². The van der Waals surface area contributed by atoms with E-state index in [1.807, 2.05) is 0 Å². The molecule has 0 aromatic rings. The Kier molecular flexibility index (Phi) is 1.95. The van der Waals surface area contributed by atoms with Crippen LogP contribution in [0.15, 0.2) is 0 Å². The molecule has 0 spiro atoms. The third-order valence-electron chi connectivity index (χ3n) is 4.18. The molecule has 0 radical (unpaired) electrons. The summed E-state index contributed by atoms with van der Waals surface area (Å²) in [5.41, 5.74) is 11.8. The van der Waals surface area contributed by atoms with Crippen molar-refractivity contribution in [2.45, 2.75) is 44.4 Å². The van der Waals surface area contributed by atoms with Crippen molar-refractivity contribution in [1.82, 2.24) is 0 Å². The zero-order valence-electron chi connectivity index (χ0n) is 8.55. The fourth-order valence-electron chi connectivity index (χ4n) is 3.01. The van der Waals surface area contributed by atoms with Gasteiger partial charge in [0.15, 0.2) is 0 Å². The first-order valence-electron chi connectivity index (χ1n) is 5.26. The van der Waals surface area contributed by atoms with E-state index in [-0.39, 0.29) is 5.54 Å². The zero-order valence-corrected chi connectivity index (χ0v) is 8.55. The maximum atomic E-state index is 6.36. The van der Waals surface area contributed by atoms with Crippen LogP contribution in [0.5, 0.6) is 0 Å². The molecule has 3 heteroatoms. The number of fused-ring (bicyclic) bond motifs is 1. The Morgan fingerprint density at radius 3 is 2.77 bits per heavy atom. The molecule has 0 aromatic heterocycles. The zero-order chi connectivity index (χ0) is 9.69. The predicted octanol–water partition coefficient (Wildman–Crippen LogP) is 0.825. The highest BCUT2D eigenvalue weighted by Gasteiger charge is 2.62. The first-order valence-corrected chi connectivity index (χ1v) is 5.26. The molecule has 2 unspecified atom stereocenters. The van der Waals surface area contributed by atoms with Crippen molar-refractivity contribution in [3.63, 3.8) is 0 Å². The van der Waals surface area contributed by atoms with Crippen LogP contribution >= 0.6 is 0 Å². The van der Waals surface area contributed by atoms with E-state index in [1.165, 1.54) is 0 Å². The van der Waals surface area contributed by atoms with Gasteiger partial charge in [0.2, 0.25) is 0 Å². The largest absolute Gasteiger partial charge is 0.358 e. The van der Waals surface area contributed by atoms with Gasteiger partial charge in [0.1, 0.15) is 5.72 Å². The van der Waals surface area contributed by atoms with E-state index < -0.39 is 5.72 Å². The summed E-state index contributed by atoms with van der Waals surface area (Å²) in [5.74, 6) is 0.844. The summed E-state index contributed by atoms with van der Waals surface area (Å²) in [6.45, 7) is 5.04.